The van der Waals surface area contributed by atoms with Crippen LogP contribution in [0.3, 0.4) is 0 Å². The molecule has 0 saturated carbocycles. The van der Waals surface area contributed by atoms with Crippen molar-refractivity contribution < 1.29 is 9.59 Å². The highest BCUT2D eigenvalue weighted by molar-refractivity contribution is 5.97. The number of rotatable bonds is 5. The largest absolute Gasteiger partial charge is 0.368 e. The van der Waals surface area contributed by atoms with Gasteiger partial charge in [0.05, 0.1) is 0 Å². The van der Waals surface area contributed by atoms with Crippen LogP contribution in [0, 0.1) is 5.92 Å². The number of hydrogen-bond donors (Lipinski definition) is 3. The van der Waals surface area contributed by atoms with E-state index >= 15 is 0 Å². The van der Waals surface area contributed by atoms with Gasteiger partial charge in [-0.05, 0) is 31.7 Å². The summed E-state index contributed by atoms with van der Waals surface area (Å²) in [6.07, 6.45) is 1.14. The molecule has 1 aliphatic rings. The van der Waals surface area contributed by atoms with Crippen LogP contribution in [0.2, 0.25) is 0 Å². The number of anilines is 1. The zero-order valence-corrected chi connectivity index (χ0v) is 14.5. The molecule has 1 aliphatic heterocycles. The lowest BCUT2D eigenvalue weighted by Crippen LogP contribution is -2.46. The topological polar surface area (TPSA) is 127 Å². The second-order valence-electron chi connectivity index (χ2n) is 6.56. The van der Waals surface area contributed by atoms with Gasteiger partial charge in [-0.15, -0.1) is 0 Å². The summed E-state index contributed by atoms with van der Waals surface area (Å²) >= 11 is 0. The van der Waals surface area contributed by atoms with Crippen molar-refractivity contribution in [2.75, 3.05) is 18.8 Å². The number of likely N-dealkylation sites (tertiary alicyclic amines) is 1. The molecule has 2 atom stereocenters. The van der Waals surface area contributed by atoms with E-state index < -0.39 is 6.04 Å². The Hall–Kier alpha value is -2.22. The Morgan fingerprint density at radius 2 is 2.12 bits per heavy atom. The number of hydrogen-bond acceptors (Lipinski definition) is 6. The monoisotopic (exact) mass is 334 g/mol. The summed E-state index contributed by atoms with van der Waals surface area (Å²) < 4.78 is 0. The number of aromatic nitrogens is 2. The molecule has 0 aliphatic carbocycles. The van der Waals surface area contributed by atoms with Gasteiger partial charge in [0, 0.05) is 24.8 Å². The molecule has 1 aromatic rings. The first-order valence-corrected chi connectivity index (χ1v) is 8.29. The Kier molecular flexibility index (Phi) is 5.71. The number of nitrogens with two attached hydrogens (primary N) is 2. The molecule has 132 valence electrons. The molecule has 0 spiro atoms. The number of carbonyl (C=O) groups is 2. The fourth-order valence-electron chi connectivity index (χ4n) is 2.93. The summed E-state index contributed by atoms with van der Waals surface area (Å²) in [5, 5.41) is 2.75. The highest BCUT2D eigenvalue weighted by Crippen LogP contribution is 2.20. The van der Waals surface area contributed by atoms with Crippen molar-refractivity contribution in [1.29, 1.82) is 0 Å². The van der Waals surface area contributed by atoms with Gasteiger partial charge < -0.3 is 21.7 Å². The van der Waals surface area contributed by atoms with Gasteiger partial charge in [-0.25, -0.2) is 9.97 Å². The Labute approximate surface area is 142 Å². The molecular formula is C16H26N6O2. The molecule has 0 radical (unpaired) electrons. The van der Waals surface area contributed by atoms with E-state index in [-0.39, 0.29) is 29.5 Å². The minimum absolute atomic E-state index is 0.0644. The van der Waals surface area contributed by atoms with E-state index in [2.05, 4.69) is 29.1 Å². The predicted octanol–water partition coefficient (Wildman–Crippen LogP) is -0.0648. The van der Waals surface area contributed by atoms with E-state index in [1.807, 2.05) is 6.92 Å². The van der Waals surface area contributed by atoms with Gasteiger partial charge in [-0.3, -0.25) is 9.59 Å². The summed E-state index contributed by atoms with van der Waals surface area (Å²) in [4.78, 5) is 34.8. The fraction of sp³-hybridized carbons (Fsp3) is 0.625. The zero-order chi connectivity index (χ0) is 17.9. The van der Waals surface area contributed by atoms with E-state index in [0.717, 1.165) is 5.69 Å². The number of nitrogens with zero attached hydrogens (tertiary/aromatic N) is 3. The second kappa shape index (κ2) is 7.57. The van der Waals surface area contributed by atoms with E-state index in [1.165, 1.54) is 4.90 Å². The molecule has 0 unspecified atom stereocenters. The summed E-state index contributed by atoms with van der Waals surface area (Å²) in [7, 11) is 0. The third kappa shape index (κ3) is 4.19. The highest BCUT2D eigenvalue weighted by Gasteiger charge is 2.38. The normalized spacial score (nSPS) is 20.5. The quantitative estimate of drug-likeness (QED) is 0.692. The molecule has 8 heteroatoms. The molecule has 0 bridgehead atoms. The summed E-state index contributed by atoms with van der Waals surface area (Å²) in [5.74, 6) is -0.0818. The first-order chi connectivity index (χ1) is 11.3. The molecule has 2 amide bonds. The second-order valence-corrected chi connectivity index (χ2v) is 6.56. The van der Waals surface area contributed by atoms with Gasteiger partial charge in [-0.1, -0.05) is 13.8 Å². The predicted molar refractivity (Wildman–Crippen MR) is 91.1 cm³/mol. The molecule has 0 aromatic carbocycles. The van der Waals surface area contributed by atoms with Crippen LogP contribution in [0.15, 0.2) is 6.07 Å². The highest BCUT2D eigenvalue weighted by atomic mass is 16.2. The van der Waals surface area contributed by atoms with E-state index in [1.54, 1.807) is 6.07 Å². The summed E-state index contributed by atoms with van der Waals surface area (Å²) in [6.45, 7) is 6.78. The Balaban J connectivity index is 2.26. The van der Waals surface area contributed by atoms with Crippen molar-refractivity contribution in [1.82, 2.24) is 20.2 Å². The van der Waals surface area contributed by atoms with Crippen LogP contribution in [-0.4, -0.2) is 51.9 Å². The maximum atomic E-state index is 12.8. The minimum atomic E-state index is -0.572. The van der Waals surface area contributed by atoms with E-state index in [0.29, 0.717) is 31.8 Å². The fourth-order valence-corrected chi connectivity index (χ4v) is 2.93. The number of amides is 2. The molecule has 2 rings (SSSR count). The van der Waals surface area contributed by atoms with Crippen molar-refractivity contribution in [2.45, 2.75) is 45.7 Å². The lowest BCUT2D eigenvalue weighted by Gasteiger charge is -2.23. The number of nitrogens with one attached hydrogen (secondary N) is 1. The summed E-state index contributed by atoms with van der Waals surface area (Å²) in [6, 6.07) is 0.852. The number of carbonyl (C=O) groups excluding carboxylic acids is 2. The molecule has 1 aromatic heterocycles. The Morgan fingerprint density at radius 1 is 1.42 bits per heavy atom. The van der Waals surface area contributed by atoms with Gasteiger partial charge >= 0.3 is 0 Å². The van der Waals surface area contributed by atoms with Gasteiger partial charge in [0.25, 0.3) is 5.91 Å². The molecule has 2 heterocycles. The molecule has 8 nitrogen and oxygen atoms in total. The van der Waals surface area contributed by atoms with Crippen molar-refractivity contribution >= 4 is 17.8 Å². The van der Waals surface area contributed by atoms with Crippen LogP contribution in [-0.2, 0) is 11.2 Å². The average molecular weight is 334 g/mol. The van der Waals surface area contributed by atoms with Crippen LogP contribution < -0.4 is 16.8 Å². The standard InChI is InChI=1S/C16H26N6O2/c1-4-19-14(23)13-6-10(17)8-22(13)15(24)12-7-11(5-9(2)3)20-16(18)21-12/h7,9-10,13H,4-6,8,17H2,1-3H3,(H,19,23)(H2,18,20,21)/t10-,13+/m1/s1. The van der Waals surface area contributed by atoms with Gasteiger partial charge in [0.1, 0.15) is 11.7 Å². The Bertz CT molecular complexity index is 619. The Morgan fingerprint density at radius 3 is 2.75 bits per heavy atom. The van der Waals surface area contributed by atoms with Crippen molar-refractivity contribution in [3.05, 3.63) is 17.5 Å². The first-order valence-electron chi connectivity index (χ1n) is 8.29. The minimum Gasteiger partial charge on any atom is -0.368 e. The third-order valence-corrected chi connectivity index (χ3v) is 3.88. The first kappa shape index (κ1) is 18.1. The van der Waals surface area contributed by atoms with Crippen LogP contribution in [0.5, 0.6) is 0 Å². The molecule has 5 N–H and O–H groups in total. The van der Waals surface area contributed by atoms with Crippen LogP contribution in [0.1, 0.15) is 43.4 Å². The number of nitrogen functional groups attached to an aromatic ring is 1. The van der Waals surface area contributed by atoms with Crippen molar-refractivity contribution in [2.24, 2.45) is 11.7 Å². The van der Waals surface area contributed by atoms with Crippen LogP contribution in [0.4, 0.5) is 5.95 Å². The average Bonchev–Trinajstić information content (AvgIpc) is 2.87. The maximum Gasteiger partial charge on any atom is 0.273 e. The van der Waals surface area contributed by atoms with Gasteiger partial charge in [0.15, 0.2) is 0 Å². The molecular weight excluding hydrogens is 308 g/mol. The lowest BCUT2D eigenvalue weighted by molar-refractivity contribution is -0.124. The molecule has 1 fully saturated rings. The zero-order valence-electron chi connectivity index (χ0n) is 14.5. The maximum absolute atomic E-state index is 12.8. The lowest BCUT2D eigenvalue weighted by atomic mass is 10.1. The third-order valence-electron chi connectivity index (χ3n) is 3.88. The molecule has 1 saturated heterocycles. The summed E-state index contributed by atoms with van der Waals surface area (Å²) in [5.41, 5.74) is 12.6. The SMILES string of the molecule is CCNC(=O)[C@@H]1C[C@@H](N)CN1C(=O)c1cc(CC(C)C)nc(N)n1. The van der Waals surface area contributed by atoms with Crippen LogP contribution >= 0.6 is 0 Å². The van der Waals surface area contributed by atoms with Gasteiger partial charge in [0.2, 0.25) is 11.9 Å². The van der Waals surface area contributed by atoms with E-state index in [9.17, 15) is 9.59 Å². The number of likely N-dealkylation sites (N-methyl/N-ethyl adjacent to an activating group) is 1. The van der Waals surface area contributed by atoms with E-state index in [4.69, 9.17) is 11.5 Å². The smallest absolute Gasteiger partial charge is 0.273 e. The van der Waals surface area contributed by atoms with Gasteiger partial charge in [-0.2, -0.15) is 0 Å². The van der Waals surface area contributed by atoms with Crippen LogP contribution in [0.25, 0.3) is 0 Å². The molecule has 24 heavy (non-hydrogen) atoms. The van der Waals surface area contributed by atoms with Crippen molar-refractivity contribution in [3.63, 3.8) is 0 Å². The van der Waals surface area contributed by atoms with Crippen molar-refractivity contribution in [3.8, 4) is 0 Å².